The molecule has 1 aromatic heterocycles. The first kappa shape index (κ1) is 14.4. The van der Waals surface area contributed by atoms with Gasteiger partial charge in [-0.3, -0.25) is 4.79 Å². The van der Waals surface area contributed by atoms with Gasteiger partial charge in [-0.1, -0.05) is 0 Å². The molecule has 0 radical (unpaired) electrons. The monoisotopic (exact) mass is 287 g/mol. The van der Waals surface area contributed by atoms with Crippen LogP contribution in [0, 0.1) is 5.92 Å². The number of rotatable bonds is 4. The Kier molecular flexibility index (Phi) is 4.13. The van der Waals surface area contributed by atoms with Gasteiger partial charge in [-0.15, -0.1) is 0 Å². The standard InChI is InChI=1S/C17H25N3O/c1-19(2)16-11-14(7-8-18-16)15-4-3-9-20(12-15)17(21)10-13-5-6-13/h7-8,11,13,15H,3-6,9-10,12H2,1-2H3/t15-/m0/s1. The quantitative estimate of drug-likeness (QED) is 0.854. The summed E-state index contributed by atoms with van der Waals surface area (Å²) >= 11 is 0. The molecule has 0 bridgehead atoms. The van der Waals surface area contributed by atoms with Crippen LogP contribution in [0.4, 0.5) is 5.82 Å². The van der Waals surface area contributed by atoms with E-state index >= 15 is 0 Å². The minimum atomic E-state index is 0.365. The molecule has 2 heterocycles. The van der Waals surface area contributed by atoms with Gasteiger partial charge in [-0.2, -0.15) is 0 Å². The Balaban J connectivity index is 1.67. The number of aromatic nitrogens is 1. The van der Waals surface area contributed by atoms with Crippen LogP contribution in [0.15, 0.2) is 18.3 Å². The number of carbonyl (C=O) groups excluding carboxylic acids is 1. The minimum Gasteiger partial charge on any atom is -0.363 e. The summed E-state index contributed by atoms with van der Waals surface area (Å²) in [5, 5.41) is 0. The van der Waals surface area contributed by atoms with Crippen molar-refractivity contribution in [3.63, 3.8) is 0 Å². The molecule has 114 valence electrons. The van der Waals surface area contributed by atoms with Crippen LogP contribution >= 0.6 is 0 Å². The van der Waals surface area contributed by atoms with E-state index in [4.69, 9.17) is 0 Å². The topological polar surface area (TPSA) is 36.4 Å². The number of amides is 1. The average Bonchev–Trinajstić information content (AvgIpc) is 3.31. The second-order valence-corrected chi connectivity index (χ2v) is 6.67. The molecule has 2 aliphatic rings. The van der Waals surface area contributed by atoms with Crippen molar-refractivity contribution in [1.29, 1.82) is 0 Å². The Bertz CT molecular complexity index is 511. The second-order valence-electron chi connectivity index (χ2n) is 6.67. The van der Waals surface area contributed by atoms with Crippen molar-refractivity contribution in [2.75, 3.05) is 32.1 Å². The molecule has 21 heavy (non-hydrogen) atoms. The van der Waals surface area contributed by atoms with Crippen molar-refractivity contribution in [2.45, 2.75) is 38.0 Å². The van der Waals surface area contributed by atoms with Gasteiger partial charge in [0.15, 0.2) is 0 Å². The molecule has 4 nitrogen and oxygen atoms in total. The zero-order chi connectivity index (χ0) is 14.8. The highest BCUT2D eigenvalue weighted by Crippen LogP contribution is 2.34. The SMILES string of the molecule is CN(C)c1cc([C@H]2CCCN(C(=O)CC3CC3)C2)ccn1. The van der Waals surface area contributed by atoms with Crippen molar-refractivity contribution in [2.24, 2.45) is 5.92 Å². The maximum absolute atomic E-state index is 12.3. The van der Waals surface area contributed by atoms with Crippen LogP contribution in [0.3, 0.4) is 0 Å². The highest BCUT2D eigenvalue weighted by molar-refractivity contribution is 5.77. The highest BCUT2D eigenvalue weighted by atomic mass is 16.2. The van der Waals surface area contributed by atoms with Crippen LogP contribution in [0.2, 0.25) is 0 Å². The Morgan fingerprint density at radius 2 is 2.19 bits per heavy atom. The molecular formula is C17H25N3O. The van der Waals surface area contributed by atoms with Gasteiger partial charge in [0.2, 0.25) is 5.91 Å². The molecule has 1 aliphatic carbocycles. The fourth-order valence-corrected chi connectivity index (χ4v) is 3.11. The first-order chi connectivity index (χ1) is 10.1. The third kappa shape index (κ3) is 3.55. The average molecular weight is 287 g/mol. The van der Waals surface area contributed by atoms with Gasteiger partial charge >= 0.3 is 0 Å². The van der Waals surface area contributed by atoms with Crippen LogP contribution in [0.25, 0.3) is 0 Å². The van der Waals surface area contributed by atoms with E-state index in [1.54, 1.807) is 0 Å². The zero-order valence-corrected chi connectivity index (χ0v) is 13.1. The molecule has 1 aliphatic heterocycles. The van der Waals surface area contributed by atoms with Crippen LogP contribution in [0.1, 0.15) is 43.6 Å². The van der Waals surface area contributed by atoms with E-state index in [2.05, 4.69) is 22.0 Å². The Morgan fingerprint density at radius 3 is 2.90 bits per heavy atom. The molecule has 0 aromatic carbocycles. The van der Waals surface area contributed by atoms with Crippen molar-refractivity contribution < 1.29 is 4.79 Å². The molecule has 1 aromatic rings. The molecule has 0 N–H and O–H groups in total. The van der Waals surface area contributed by atoms with Crippen molar-refractivity contribution >= 4 is 11.7 Å². The van der Waals surface area contributed by atoms with Crippen LogP contribution in [0.5, 0.6) is 0 Å². The van der Waals surface area contributed by atoms with E-state index in [-0.39, 0.29) is 0 Å². The number of anilines is 1. The predicted octanol–water partition coefficient (Wildman–Crippen LogP) is 2.65. The second kappa shape index (κ2) is 6.04. The third-order valence-electron chi connectivity index (χ3n) is 4.63. The summed E-state index contributed by atoms with van der Waals surface area (Å²) in [4.78, 5) is 20.8. The summed E-state index contributed by atoms with van der Waals surface area (Å²) < 4.78 is 0. The number of hydrogen-bond acceptors (Lipinski definition) is 3. The first-order valence-corrected chi connectivity index (χ1v) is 8.04. The molecule has 1 saturated heterocycles. The van der Waals surface area contributed by atoms with E-state index < -0.39 is 0 Å². The lowest BCUT2D eigenvalue weighted by atomic mass is 9.91. The van der Waals surface area contributed by atoms with Gasteiger partial charge in [-0.25, -0.2) is 4.98 Å². The minimum absolute atomic E-state index is 0.365. The van der Waals surface area contributed by atoms with Crippen molar-refractivity contribution in [3.05, 3.63) is 23.9 Å². The third-order valence-corrected chi connectivity index (χ3v) is 4.63. The summed E-state index contributed by atoms with van der Waals surface area (Å²) in [7, 11) is 4.02. The van der Waals surface area contributed by atoms with Crippen LogP contribution in [-0.4, -0.2) is 43.0 Å². The molecule has 1 saturated carbocycles. The maximum atomic E-state index is 12.3. The van der Waals surface area contributed by atoms with Gasteiger partial charge in [0.1, 0.15) is 5.82 Å². The largest absolute Gasteiger partial charge is 0.363 e. The lowest BCUT2D eigenvalue weighted by Crippen LogP contribution is -2.39. The predicted molar refractivity (Wildman–Crippen MR) is 84.5 cm³/mol. The van der Waals surface area contributed by atoms with Gasteiger partial charge in [0.25, 0.3) is 0 Å². The number of pyridine rings is 1. The van der Waals surface area contributed by atoms with Crippen LogP contribution < -0.4 is 4.90 Å². The van der Waals surface area contributed by atoms with E-state index in [0.717, 1.165) is 31.7 Å². The number of likely N-dealkylation sites (tertiary alicyclic amines) is 1. The molecule has 1 amide bonds. The van der Waals surface area contributed by atoms with Gasteiger partial charge in [-0.05, 0) is 49.3 Å². The fourth-order valence-electron chi connectivity index (χ4n) is 3.11. The van der Waals surface area contributed by atoms with Crippen molar-refractivity contribution in [3.8, 4) is 0 Å². The summed E-state index contributed by atoms with van der Waals surface area (Å²) in [5.74, 6) is 2.50. The number of piperidine rings is 1. The van der Waals surface area contributed by atoms with E-state index in [1.807, 2.05) is 25.2 Å². The van der Waals surface area contributed by atoms with E-state index in [0.29, 0.717) is 17.7 Å². The van der Waals surface area contributed by atoms with Gasteiger partial charge < -0.3 is 9.80 Å². The smallest absolute Gasteiger partial charge is 0.222 e. The molecule has 0 unspecified atom stereocenters. The fraction of sp³-hybridized carbons (Fsp3) is 0.647. The Hall–Kier alpha value is -1.58. The van der Waals surface area contributed by atoms with Gasteiger partial charge in [0.05, 0.1) is 0 Å². The van der Waals surface area contributed by atoms with E-state index in [9.17, 15) is 4.79 Å². The molecule has 0 spiro atoms. The highest BCUT2D eigenvalue weighted by Gasteiger charge is 2.30. The Labute approximate surface area is 127 Å². The normalized spacial score (nSPS) is 22.2. The van der Waals surface area contributed by atoms with Crippen LogP contribution in [-0.2, 0) is 4.79 Å². The number of nitrogens with zero attached hydrogens (tertiary/aromatic N) is 3. The molecule has 3 rings (SSSR count). The number of hydrogen-bond donors (Lipinski definition) is 0. The summed E-state index contributed by atoms with van der Waals surface area (Å²) in [6.45, 7) is 1.82. The number of carbonyl (C=O) groups is 1. The molecule has 2 fully saturated rings. The molecule has 4 heteroatoms. The zero-order valence-electron chi connectivity index (χ0n) is 13.1. The van der Waals surface area contributed by atoms with E-state index in [1.165, 1.54) is 24.8 Å². The van der Waals surface area contributed by atoms with Gasteiger partial charge in [0, 0.05) is 45.7 Å². The maximum Gasteiger partial charge on any atom is 0.222 e. The summed E-state index contributed by atoms with van der Waals surface area (Å²) in [6.07, 6.45) is 7.44. The summed E-state index contributed by atoms with van der Waals surface area (Å²) in [5.41, 5.74) is 1.32. The molecule has 1 atom stereocenters. The lowest BCUT2D eigenvalue weighted by molar-refractivity contribution is -0.132. The Morgan fingerprint density at radius 1 is 1.38 bits per heavy atom. The van der Waals surface area contributed by atoms with Crippen molar-refractivity contribution in [1.82, 2.24) is 9.88 Å². The first-order valence-electron chi connectivity index (χ1n) is 8.04. The lowest BCUT2D eigenvalue weighted by Gasteiger charge is -2.33. The molecular weight excluding hydrogens is 262 g/mol. The summed E-state index contributed by atoms with van der Waals surface area (Å²) in [6, 6.07) is 4.27.